The van der Waals surface area contributed by atoms with Crippen LogP contribution in [0.2, 0.25) is 0 Å². The Morgan fingerprint density at radius 2 is 2.00 bits per heavy atom. The van der Waals surface area contributed by atoms with E-state index < -0.39 is 5.92 Å². The van der Waals surface area contributed by atoms with E-state index in [-0.39, 0.29) is 24.9 Å². The third-order valence-electron chi connectivity index (χ3n) is 5.29. The van der Waals surface area contributed by atoms with E-state index in [2.05, 4.69) is 33.7 Å². The molecule has 0 radical (unpaired) electrons. The van der Waals surface area contributed by atoms with E-state index in [0.717, 1.165) is 28.2 Å². The minimum Gasteiger partial charge on any atom is -0.323 e. The average molecular weight is 394 g/mol. The molecule has 0 bridgehead atoms. The van der Waals surface area contributed by atoms with E-state index >= 15 is 0 Å². The first-order valence-electron chi connectivity index (χ1n) is 9.92. The van der Waals surface area contributed by atoms with Crippen molar-refractivity contribution < 1.29 is 8.78 Å². The smallest absolute Gasteiger partial charge is 0.251 e. The highest BCUT2D eigenvalue weighted by Crippen LogP contribution is 2.43. The van der Waals surface area contributed by atoms with Crippen molar-refractivity contribution in [3.8, 4) is 11.3 Å². The summed E-state index contributed by atoms with van der Waals surface area (Å²) in [5, 5.41) is 0. The quantitative estimate of drug-likeness (QED) is 0.665. The van der Waals surface area contributed by atoms with E-state index in [1.807, 2.05) is 36.5 Å². The number of alkyl halides is 2. The molecule has 2 aromatic rings. The van der Waals surface area contributed by atoms with Crippen LogP contribution in [-0.4, -0.2) is 28.3 Å². The molecule has 0 saturated carbocycles. The lowest BCUT2D eigenvalue weighted by Gasteiger charge is -2.35. The van der Waals surface area contributed by atoms with Gasteiger partial charge in [0.1, 0.15) is 6.17 Å². The SMILES string of the molecule is CC(C)C1N=CC=CN1c1c(-c2ccccn2)ccnc1C1=CCC(F)(F)CC1. The number of halogens is 2. The van der Waals surface area contributed by atoms with Crippen molar-refractivity contribution in [3.63, 3.8) is 0 Å². The van der Waals surface area contributed by atoms with Gasteiger partial charge in [0, 0.05) is 43.2 Å². The normalized spacial score (nSPS) is 20.8. The standard InChI is InChI=1S/C23H24F2N4/c1-16(2)22-28-13-5-15-29(22)21-18(19-6-3-4-12-26-19)9-14-27-20(21)17-7-10-23(24,25)11-8-17/h3-7,9,12-16,22H,8,10-11H2,1-2H3. The first-order chi connectivity index (χ1) is 14.0. The summed E-state index contributed by atoms with van der Waals surface area (Å²) in [6.45, 7) is 4.23. The van der Waals surface area contributed by atoms with Gasteiger partial charge in [-0.1, -0.05) is 26.0 Å². The van der Waals surface area contributed by atoms with E-state index in [9.17, 15) is 8.78 Å². The van der Waals surface area contributed by atoms with Crippen molar-refractivity contribution in [2.75, 3.05) is 4.90 Å². The largest absolute Gasteiger partial charge is 0.323 e. The summed E-state index contributed by atoms with van der Waals surface area (Å²) in [5.41, 5.74) is 4.19. The highest BCUT2D eigenvalue weighted by Gasteiger charge is 2.34. The van der Waals surface area contributed by atoms with Gasteiger partial charge in [-0.3, -0.25) is 15.0 Å². The fourth-order valence-electron chi connectivity index (χ4n) is 3.82. The van der Waals surface area contributed by atoms with Gasteiger partial charge in [0.15, 0.2) is 0 Å². The minimum atomic E-state index is -2.64. The molecule has 2 aliphatic rings. The molecule has 3 heterocycles. The molecular weight excluding hydrogens is 370 g/mol. The van der Waals surface area contributed by atoms with E-state index in [1.165, 1.54) is 0 Å². The third kappa shape index (κ3) is 3.97. The first-order valence-corrected chi connectivity index (χ1v) is 9.92. The summed E-state index contributed by atoms with van der Waals surface area (Å²) in [4.78, 5) is 15.9. The van der Waals surface area contributed by atoms with Crippen LogP contribution in [0.5, 0.6) is 0 Å². The molecule has 2 aromatic heterocycles. The Morgan fingerprint density at radius 1 is 1.14 bits per heavy atom. The second kappa shape index (κ2) is 7.85. The van der Waals surface area contributed by atoms with Crippen LogP contribution in [-0.2, 0) is 0 Å². The molecule has 1 aliphatic carbocycles. The van der Waals surface area contributed by atoms with E-state index in [1.54, 1.807) is 24.7 Å². The lowest BCUT2D eigenvalue weighted by molar-refractivity contribution is -0.00605. The Bertz CT molecular complexity index is 964. The molecule has 150 valence electrons. The Hall–Kier alpha value is -2.89. The lowest BCUT2D eigenvalue weighted by Crippen LogP contribution is -2.36. The fourth-order valence-corrected chi connectivity index (χ4v) is 3.82. The maximum absolute atomic E-state index is 13.7. The van der Waals surface area contributed by atoms with Crippen LogP contribution in [0.25, 0.3) is 16.8 Å². The van der Waals surface area contributed by atoms with Crippen molar-refractivity contribution >= 4 is 17.5 Å². The average Bonchev–Trinajstić information content (AvgIpc) is 2.74. The first kappa shape index (κ1) is 19.4. The summed E-state index contributed by atoms with van der Waals surface area (Å²) in [7, 11) is 0. The molecular formula is C23H24F2N4. The van der Waals surface area contributed by atoms with Gasteiger partial charge in [0.25, 0.3) is 5.92 Å². The molecule has 29 heavy (non-hydrogen) atoms. The Balaban J connectivity index is 1.90. The molecule has 0 amide bonds. The van der Waals surface area contributed by atoms with Crippen LogP contribution >= 0.6 is 0 Å². The predicted octanol–water partition coefficient (Wildman–Crippen LogP) is 5.73. The van der Waals surface area contributed by atoms with Crippen LogP contribution < -0.4 is 4.90 Å². The van der Waals surface area contributed by atoms with Crippen LogP contribution in [0.1, 0.15) is 38.8 Å². The van der Waals surface area contributed by atoms with Crippen molar-refractivity contribution in [3.05, 3.63) is 60.7 Å². The van der Waals surface area contributed by atoms with Crippen molar-refractivity contribution in [1.29, 1.82) is 0 Å². The van der Waals surface area contributed by atoms with Gasteiger partial charge < -0.3 is 4.90 Å². The summed E-state index contributed by atoms with van der Waals surface area (Å²) in [5.74, 6) is -2.39. The topological polar surface area (TPSA) is 41.4 Å². The molecule has 4 rings (SSSR count). The molecule has 1 aliphatic heterocycles. The highest BCUT2D eigenvalue weighted by atomic mass is 19.3. The van der Waals surface area contributed by atoms with Gasteiger partial charge in [0.2, 0.25) is 0 Å². The number of nitrogens with zero attached hydrogens (tertiary/aromatic N) is 4. The summed E-state index contributed by atoms with van der Waals surface area (Å²) < 4.78 is 27.5. The molecule has 1 unspecified atom stereocenters. The highest BCUT2D eigenvalue weighted by molar-refractivity contribution is 5.88. The van der Waals surface area contributed by atoms with Gasteiger partial charge >= 0.3 is 0 Å². The minimum absolute atomic E-state index is 0.101. The zero-order chi connectivity index (χ0) is 20.4. The van der Waals surface area contributed by atoms with Gasteiger partial charge in [-0.15, -0.1) is 0 Å². The number of anilines is 1. The monoisotopic (exact) mass is 394 g/mol. The van der Waals surface area contributed by atoms with Crippen LogP contribution in [0.3, 0.4) is 0 Å². The van der Waals surface area contributed by atoms with Gasteiger partial charge in [-0.05, 0) is 42.2 Å². The van der Waals surface area contributed by atoms with E-state index in [0.29, 0.717) is 6.42 Å². The summed E-state index contributed by atoms with van der Waals surface area (Å²) in [6, 6.07) is 7.70. The van der Waals surface area contributed by atoms with Crippen molar-refractivity contribution in [2.45, 2.75) is 45.2 Å². The fraction of sp³-hybridized carbons (Fsp3) is 0.348. The maximum Gasteiger partial charge on any atom is 0.251 e. The predicted molar refractivity (Wildman–Crippen MR) is 113 cm³/mol. The number of hydrogen-bond donors (Lipinski definition) is 0. The van der Waals surface area contributed by atoms with Crippen LogP contribution in [0.15, 0.2) is 60.0 Å². The van der Waals surface area contributed by atoms with Gasteiger partial charge in [-0.2, -0.15) is 0 Å². The molecule has 1 atom stereocenters. The third-order valence-corrected chi connectivity index (χ3v) is 5.29. The summed E-state index contributed by atoms with van der Waals surface area (Å²) in [6.07, 6.45) is 10.6. The number of allylic oxidation sites excluding steroid dienone is 3. The van der Waals surface area contributed by atoms with E-state index in [4.69, 9.17) is 0 Å². The molecule has 4 nitrogen and oxygen atoms in total. The number of aromatic nitrogens is 2. The molecule has 0 fully saturated rings. The number of hydrogen-bond acceptors (Lipinski definition) is 4. The van der Waals surface area contributed by atoms with Gasteiger partial charge in [0.05, 0.1) is 17.1 Å². The number of aliphatic imine (C=N–C) groups is 1. The number of rotatable bonds is 4. The molecule has 0 saturated heterocycles. The van der Waals surface area contributed by atoms with Crippen LogP contribution in [0.4, 0.5) is 14.5 Å². The van der Waals surface area contributed by atoms with Crippen LogP contribution in [0, 0.1) is 5.92 Å². The molecule has 0 aromatic carbocycles. The Morgan fingerprint density at radius 3 is 2.69 bits per heavy atom. The second-order valence-electron chi connectivity index (χ2n) is 7.76. The summed E-state index contributed by atoms with van der Waals surface area (Å²) >= 11 is 0. The van der Waals surface area contributed by atoms with Crippen molar-refractivity contribution in [2.24, 2.45) is 10.9 Å². The van der Waals surface area contributed by atoms with Gasteiger partial charge in [-0.25, -0.2) is 8.78 Å². The zero-order valence-corrected chi connectivity index (χ0v) is 16.6. The molecule has 0 N–H and O–H groups in total. The zero-order valence-electron chi connectivity index (χ0n) is 16.6. The molecule has 6 heteroatoms. The maximum atomic E-state index is 13.7. The Kier molecular flexibility index (Phi) is 5.26. The lowest BCUT2D eigenvalue weighted by atomic mass is 9.91. The second-order valence-corrected chi connectivity index (χ2v) is 7.76. The van der Waals surface area contributed by atoms with Crippen molar-refractivity contribution in [1.82, 2.24) is 9.97 Å². The Labute approximate surface area is 169 Å². The number of pyridine rings is 2. The molecule has 0 spiro atoms.